The van der Waals surface area contributed by atoms with Gasteiger partial charge in [-0.2, -0.15) is 0 Å². The lowest BCUT2D eigenvalue weighted by Gasteiger charge is -2.30. The summed E-state index contributed by atoms with van der Waals surface area (Å²) in [6.07, 6.45) is -0.0357. The number of nitrogens with two attached hydrogens (primary N) is 1. The zero-order chi connectivity index (χ0) is 14.6. The van der Waals surface area contributed by atoms with E-state index < -0.39 is 11.9 Å². The van der Waals surface area contributed by atoms with Crippen LogP contribution in [0.15, 0.2) is 18.2 Å². The van der Waals surface area contributed by atoms with Gasteiger partial charge < -0.3 is 16.2 Å². The van der Waals surface area contributed by atoms with Gasteiger partial charge in [-0.05, 0) is 17.5 Å². The second-order valence-corrected chi connectivity index (χ2v) is 5.43. The minimum atomic E-state index is -0.890. The van der Waals surface area contributed by atoms with Crippen molar-refractivity contribution in [1.82, 2.24) is 4.98 Å². The SMILES string of the molecule is CC(C)(C)C(CC(=O)O)Nc1cccc(C(N)=O)n1. The number of carboxylic acid groups (broad SMARTS) is 1. The molecular formula is C13H19N3O3. The Balaban J connectivity index is 2.93. The molecule has 0 aromatic carbocycles. The molecule has 0 saturated heterocycles. The number of pyridine rings is 1. The van der Waals surface area contributed by atoms with Gasteiger partial charge in [-0.1, -0.05) is 26.8 Å². The summed E-state index contributed by atoms with van der Waals surface area (Å²) in [7, 11) is 0. The number of primary amides is 1. The topological polar surface area (TPSA) is 105 Å². The number of anilines is 1. The molecule has 1 heterocycles. The van der Waals surface area contributed by atoms with Crippen LogP contribution in [0.2, 0.25) is 0 Å². The summed E-state index contributed by atoms with van der Waals surface area (Å²) in [5.41, 5.74) is 5.04. The summed E-state index contributed by atoms with van der Waals surface area (Å²) < 4.78 is 0. The Kier molecular flexibility index (Phi) is 4.47. The van der Waals surface area contributed by atoms with E-state index in [-0.39, 0.29) is 23.6 Å². The molecule has 1 atom stereocenters. The lowest BCUT2D eigenvalue weighted by atomic mass is 9.85. The first kappa shape index (κ1) is 14.9. The van der Waals surface area contributed by atoms with Gasteiger partial charge in [0.1, 0.15) is 11.5 Å². The monoisotopic (exact) mass is 265 g/mol. The number of aromatic nitrogens is 1. The molecular weight excluding hydrogens is 246 g/mol. The van der Waals surface area contributed by atoms with Crippen molar-refractivity contribution in [3.05, 3.63) is 23.9 Å². The fourth-order valence-corrected chi connectivity index (χ4v) is 1.58. The molecule has 0 aliphatic rings. The first-order valence-corrected chi connectivity index (χ1v) is 5.95. The van der Waals surface area contributed by atoms with E-state index in [1.807, 2.05) is 20.8 Å². The van der Waals surface area contributed by atoms with Crippen molar-refractivity contribution in [2.24, 2.45) is 11.1 Å². The fraction of sp³-hybridized carbons (Fsp3) is 0.462. The normalized spacial score (nSPS) is 12.8. The summed E-state index contributed by atoms with van der Waals surface area (Å²) in [6.45, 7) is 5.81. The molecule has 1 rings (SSSR count). The van der Waals surface area contributed by atoms with Gasteiger partial charge in [0, 0.05) is 6.04 Å². The quantitative estimate of drug-likeness (QED) is 0.747. The summed E-state index contributed by atoms with van der Waals surface area (Å²) >= 11 is 0. The number of carbonyl (C=O) groups is 2. The minimum absolute atomic E-state index is 0.0357. The second-order valence-electron chi connectivity index (χ2n) is 5.43. The third-order valence-electron chi connectivity index (χ3n) is 2.75. The number of rotatable bonds is 5. The molecule has 1 unspecified atom stereocenters. The third-order valence-corrected chi connectivity index (χ3v) is 2.75. The maximum atomic E-state index is 11.1. The van der Waals surface area contributed by atoms with Crippen molar-refractivity contribution in [1.29, 1.82) is 0 Å². The van der Waals surface area contributed by atoms with Crippen molar-refractivity contribution >= 4 is 17.7 Å². The number of nitrogens with one attached hydrogen (secondary N) is 1. The van der Waals surface area contributed by atoms with Crippen molar-refractivity contribution in [2.75, 3.05) is 5.32 Å². The van der Waals surface area contributed by atoms with Crippen LogP contribution in [-0.2, 0) is 4.79 Å². The van der Waals surface area contributed by atoms with E-state index in [1.165, 1.54) is 6.07 Å². The zero-order valence-electron chi connectivity index (χ0n) is 11.3. The lowest BCUT2D eigenvalue weighted by Crippen LogP contribution is -2.36. The van der Waals surface area contributed by atoms with E-state index in [4.69, 9.17) is 10.8 Å². The van der Waals surface area contributed by atoms with Crippen LogP contribution in [0, 0.1) is 5.41 Å². The van der Waals surface area contributed by atoms with Crippen LogP contribution < -0.4 is 11.1 Å². The van der Waals surface area contributed by atoms with Crippen LogP contribution >= 0.6 is 0 Å². The molecule has 0 bridgehead atoms. The first-order chi connectivity index (χ1) is 8.70. The zero-order valence-corrected chi connectivity index (χ0v) is 11.3. The predicted octanol–water partition coefficient (Wildman–Crippen LogP) is 1.48. The Morgan fingerprint density at radius 2 is 2.05 bits per heavy atom. The van der Waals surface area contributed by atoms with Gasteiger partial charge in [0.05, 0.1) is 6.42 Å². The van der Waals surface area contributed by atoms with Gasteiger partial charge in [-0.3, -0.25) is 9.59 Å². The highest BCUT2D eigenvalue weighted by molar-refractivity contribution is 5.91. The van der Waals surface area contributed by atoms with Crippen LogP contribution in [0.1, 0.15) is 37.7 Å². The van der Waals surface area contributed by atoms with E-state index in [9.17, 15) is 9.59 Å². The maximum Gasteiger partial charge on any atom is 0.305 e. The Morgan fingerprint density at radius 3 is 2.53 bits per heavy atom. The van der Waals surface area contributed by atoms with Crippen LogP contribution in [0.25, 0.3) is 0 Å². The average Bonchev–Trinajstić information content (AvgIpc) is 2.26. The Labute approximate surface area is 112 Å². The third kappa shape index (κ3) is 4.57. The van der Waals surface area contributed by atoms with Gasteiger partial charge in [0.15, 0.2) is 0 Å². The van der Waals surface area contributed by atoms with Gasteiger partial charge in [0.25, 0.3) is 5.91 Å². The lowest BCUT2D eigenvalue weighted by molar-refractivity contribution is -0.137. The molecule has 4 N–H and O–H groups in total. The number of amides is 1. The Hall–Kier alpha value is -2.11. The predicted molar refractivity (Wildman–Crippen MR) is 71.9 cm³/mol. The summed E-state index contributed by atoms with van der Waals surface area (Å²) in [5, 5.41) is 12.0. The highest BCUT2D eigenvalue weighted by atomic mass is 16.4. The van der Waals surface area contributed by atoms with Crippen molar-refractivity contribution in [2.45, 2.75) is 33.2 Å². The smallest absolute Gasteiger partial charge is 0.305 e. The second kappa shape index (κ2) is 5.69. The molecule has 1 aromatic rings. The number of nitrogens with zero attached hydrogens (tertiary/aromatic N) is 1. The number of hydrogen-bond donors (Lipinski definition) is 3. The van der Waals surface area contributed by atoms with Crippen LogP contribution in [0.4, 0.5) is 5.82 Å². The highest BCUT2D eigenvalue weighted by Gasteiger charge is 2.27. The van der Waals surface area contributed by atoms with Gasteiger partial charge >= 0.3 is 5.97 Å². The molecule has 0 aliphatic heterocycles. The van der Waals surface area contributed by atoms with Gasteiger partial charge in [0.2, 0.25) is 0 Å². The molecule has 19 heavy (non-hydrogen) atoms. The van der Waals surface area contributed by atoms with Crippen LogP contribution in [-0.4, -0.2) is 28.0 Å². The number of aliphatic carboxylic acids is 1. The molecule has 6 heteroatoms. The largest absolute Gasteiger partial charge is 0.481 e. The Bertz CT molecular complexity index is 480. The summed E-state index contributed by atoms with van der Waals surface area (Å²) in [6, 6.07) is 4.53. The maximum absolute atomic E-state index is 11.1. The van der Waals surface area contributed by atoms with E-state index in [1.54, 1.807) is 12.1 Å². The van der Waals surface area contributed by atoms with Gasteiger partial charge in [-0.15, -0.1) is 0 Å². The minimum Gasteiger partial charge on any atom is -0.481 e. The van der Waals surface area contributed by atoms with Crippen molar-refractivity contribution in [3.63, 3.8) is 0 Å². The van der Waals surface area contributed by atoms with Crippen molar-refractivity contribution < 1.29 is 14.7 Å². The summed E-state index contributed by atoms with van der Waals surface area (Å²) in [5.74, 6) is -1.06. The molecule has 1 aromatic heterocycles. The van der Waals surface area contributed by atoms with Gasteiger partial charge in [-0.25, -0.2) is 4.98 Å². The molecule has 0 spiro atoms. The van der Waals surface area contributed by atoms with E-state index in [0.717, 1.165) is 0 Å². The van der Waals surface area contributed by atoms with Crippen LogP contribution in [0.5, 0.6) is 0 Å². The van der Waals surface area contributed by atoms with Crippen LogP contribution in [0.3, 0.4) is 0 Å². The first-order valence-electron chi connectivity index (χ1n) is 5.95. The fourth-order valence-electron chi connectivity index (χ4n) is 1.58. The standard InChI is InChI=1S/C13H19N3O3/c1-13(2,3)9(7-11(17)18)16-10-6-4-5-8(15-10)12(14)19/h4-6,9H,7H2,1-3H3,(H2,14,19)(H,15,16)(H,17,18). The van der Waals surface area contributed by atoms with E-state index >= 15 is 0 Å². The molecule has 1 amide bonds. The molecule has 0 radical (unpaired) electrons. The van der Waals surface area contributed by atoms with Crippen molar-refractivity contribution in [3.8, 4) is 0 Å². The average molecular weight is 265 g/mol. The number of carboxylic acids is 1. The summed E-state index contributed by atoms with van der Waals surface area (Å²) in [4.78, 5) is 26.0. The molecule has 0 saturated carbocycles. The Morgan fingerprint density at radius 1 is 1.42 bits per heavy atom. The molecule has 0 aliphatic carbocycles. The highest BCUT2D eigenvalue weighted by Crippen LogP contribution is 2.25. The number of hydrogen-bond acceptors (Lipinski definition) is 4. The van der Waals surface area contributed by atoms with E-state index in [0.29, 0.717) is 5.82 Å². The molecule has 6 nitrogen and oxygen atoms in total. The van der Waals surface area contributed by atoms with E-state index in [2.05, 4.69) is 10.3 Å². The number of carbonyl (C=O) groups excluding carboxylic acids is 1. The molecule has 0 fully saturated rings. The molecule has 104 valence electrons.